The molecule has 29 heavy (non-hydrogen) atoms. The van der Waals surface area contributed by atoms with Gasteiger partial charge in [0.15, 0.2) is 16.6 Å². The van der Waals surface area contributed by atoms with Gasteiger partial charge in [-0.05, 0) is 129 Å². The number of aryl methyl sites for hydroxylation is 2. The van der Waals surface area contributed by atoms with E-state index >= 15 is 0 Å². The Bertz CT molecular complexity index is 743. The molecular formula is C21H35IO4Si3. The number of aromatic hydroxyl groups is 2. The van der Waals surface area contributed by atoms with Crippen LogP contribution in [0, 0.1) is 17.4 Å². The molecule has 2 aromatic rings. The summed E-state index contributed by atoms with van der Waals surface area (Å²) in [5, 5.41) is 19.9. The first-order valence-electron chi connectivity index (χ1n) is 9.67. The van der Waals surface area contributed by atoms with Crippen LogP contribution in [0.3, 0.4) is 0 Å². The highest BCUT2D eigenvalue weighted by atomic mass is 127. The lowest BCUT2D eigenvalue weighted by Crippen LogP contribution is -2.60. The molecule has 0 amide bonds. The predicted molar refractivity (Wildman–Crippen MR) is 139 cm³/mol. The molecule has 0 bridgehead atoms. The van der Waals surface area contributed by atoms with E-state index in [4.69, 9.17) is 13.3 Å². The Morgan fingerprint density at radius 2 is 1.07 bits per heavy atom. The van der Waals surface area contributed by atoms with Crippen molar-refractivity contribution in [1.29, 1.82) is 0 Å². The number of hydrogen-bond donors (Lipinski definition) is 2. The van der Waals surface area contributed by atoms with E-state index in [9.17, 15) is 5.11 Å². The summed E-state index contributed by atoms with van der Waals surface area (Å²) in [5.41, 5.74) is 2.14. The normalized spacial score (nSPS) is 12.3. The zero-order chi connectivity index (χ0) is 22.6. The average Bonchev–Trinajstić information content (AvgIpc) is 2.40. The fraction of sp³-hybridized carbons (Fsp3) is 0.429. The van der Waals surface area contributed by atoms with Crippen LogP contribution < -0.4 is 5.19 Å². The number of phenolic OH excluding ortho intramolecular Hbond substituents is 2. The first kappa shape index (κ1) is 26.4. The largest absolute Gasteiger partial charge is 0.508 e. The smallest absolute Gasteiger partial charge is 0.348 e. The van der Waals surface area contributed by atoms with Gasteiger partial charge in [0.2, 0.25) is 0 Å². The lowest BCUT2D eigenvalue weighted by molar-refractivity contribution is 0.404. The van der Waals surface area contributed by atoms with Crippen molar-refractivity contribution in [2.45, 2.75) is 59.7 Å². The SMILES string of the molecule is Cc1cc(O)cc(I)c1.Cc1cc(O)cc([Si](C)(O[Si](C)(C)C)O[Si](C)(C)C)c1. The van der Waals surface area contributed by atoms with Gasteiger partial charge < -0.3 is 18.4 Å². The van der Waals surface area contributed by atoms with Crippen LogP contribution in [0.5, 0.6) is 11.5 Å². The van der Waals surface area contributed by atoms with Crippen molar-refractivity contribution in [1.82, 2.24) is 0 Å². The molecular weight excluding hydrogens is 527 g/mol. The molecule has 8 heteroatoms. The van der Waals surface area contributed by atoms with E-state index in [1.807, 2.05) is 19.9 Å². The fourth-order valence-corrected chi connectivity index (χ4v) is 15.6. The minimum Gasteiger partial charge on any atom is -0.508 e. The van der Waals surface area contributed by atoms with Crippen molar-refractivity contribution in [3.63, 3.8) is 0 Å². The third-order valence-electron chi connectivity index (χ3n) is 3.62. The van der Waals surface area contributed by atoms with E-state index in [1.165, 1.54) is 0 Å². The molecule has 2 N–H and O–H groups in total. The zero-order valence-corrected chi connectivity index (χ0v) is 24.2. The molecule has 0 spiro atoms. The maximum Gasteiger partial charge on any atom is 0.348 e. The van der Waals surface area contributed by atoms with Crippen LogP contribution >= 0.6 is 22.6 Å². The summed E-state index contributed by atoms with van der Waals surface area (Å²) < 4.78 is 14.0. The molecule has 0 atom stereocenters. The summed E-state index contributed by atoms with van der Waals surface area (Å²) in [7, 11) is -5.96. The second kappa shape index (κ2) is 10.1. The number of halogens is 1. The van der Waals surface area contributed by atoms with Gasteiger partial charge in [-0.2, -0.15) is 0 Å². The van der Waals surface area contributed by atoms with Crippen LogP contribution in [-0.4, -0.2) is 35.4 Å². The Hall–Kier alpha value is -0.659. The molecule has 0 aliphatic heterocycles. The van der Waals surface area contributed by atoms with Gasteiger partial charge in [0, 0.05) is 3.57 Å². The van der Waals surface area contributed by atoms with Crippen LogP contribution in [0.15, 0.2) is 36.4 Å². The van der Waals surface area contributed by atoms with Gasteiger partial charge in [0.25, 0.3) is 0 Å². The predicted octanol–water partition coefficient (Wildman–Crippen LogP) is 5.99. The highest BCUT2D eigenvalue weighted by Gasteiger charge is 2.42. The molecule has 0 saturated heterocycles. The van der Waals surface area contributed by atoms with Gasteiger partial charge in [-0.15, -0.1) is 0 Å². The van der Waals surface area contributed by atoms with E-state index in [0.717, 1.165) is 19.9 Å². The van der Waals surface area contributed by atoms with E-state index in [-0.39, 0.29) is 5.75 Å². The van der Waals surface area contributed by atoms with Crippen molar-refractivity contribution >= 4 is 53.0 Å². The van der Waals surface area contributed by atoms with Crippen LogP contribution in [0.4, 0.5) is 0 Å². The van der Waals surface area contributed by atoms with Gasteiger partial charge in [-0.25, -0.2) is 0 Å². The molecule has 2 rings (SSSR count). The standard InChI is InChI=1S/C14H28O3Si3.C7H7IO/c1-12-9-13(15)11-14(10-12)20(8,16-18(2,3)4)17-19(5,6)7;1-5-2-6(8)4-7(9)3-5/h9-11,15H,1-8H3;2-4,9H,1H3. The number of benzene rings is 2. The van der Waals surface area contributed by atoms with Gasteiger partial charge in [-0.3, -0.25) is 0 Å². The Kier molecular flexibility index (Phi) is 9.19. The quantitative estimate of drug-likeness (QED) is 0.347. The molecule has 0 aromatic heterocycles. The van der Waals surface area contributed by atoms with Crippen LogP contribution in [-0.2, 0) is 8.23 Å². The van der Waals surface area contributed by atoms with Crippen molar-refractivity contribution in [3.05, 3.63) is 51.1 Å². The molecule has 2 aromatic carbocycles. The lowest BCUT2D eigenvalue weighted by atomic mass is 10.2. The van der Waals surface area contributed by atoms with Gasteiger partial charge >= 0.3 is 8.56 Å². The number of rotatable bonds is 5. The van der Waals surface area contributed by atoms with Gasteiger partial charge in [-0.1, -0.05) is 6.07 Å². The van der Waals surface area contributed by atoms with E-state index in [0.29, 0.717) is 5.75 Å². The molecule has 0 unspecified atom stereocenters. The summed E-state index contributed by atoms with van der Waals surface area (Å²) in [6.45, 7) is 19.1. The molecule has 0 aliphatic rings. The third kappa shape index (κ3) is 10.3. The summed E-state index contributed by atoms with van der Waals surface area (Å²) in [6, 6.07) is 11.1. The van der Waals surface area contributed by atoms with Crippen molar-refractivity contribution in [2.75, 3.05) is 0 Å². The maximum atomic E-state index is 9.89. The van der Waals surface area contributed by atoms with E-state index < -0.39 is 25.2 Å². The summed E-state index contributed by atoms with van der Waals surface area (Å²) in [6.07, 6.45) is 0. The molecule has 0 saturated carbocycles. The molecule has 162 valence electrons. The van der Waals surface area contributed by atoms with E-state index in [1.54, 1.807) is 24.3 Å². The van der Waals surface area contributed by atoms with Crippen molar-refractivity contribution in [2.24, 2.45) is 0 Å². The monoisotopic (exact) mass is 562 g/mol. The maximum absolute atomic E-state index is 9.89. The Morgan fingerprint density at radius 3 is 1.41 bits per heavy atom. The highest BCUT2D eigenvalue weighted by Crippen LogP contribution is 2.23. The minimum atomic E-state index is -2.50. The first-order valence-corrected chi connectivity index (χ1v) is 19.9. The molecule has 0 aliphatic carbocycles. The van der Waals surface area contributed by atoms with Crippen LogP contribution in [0.1, 0.15) is 11.1 Å². The summed E-state index contributed by atoms with van der Waals surface area (Å²) in [5.74, 6) is 0.636. The Balaban J connectivity index is 0.000000387. The summed E-state index contributed by atoms with van der Waals surface area (Å²) in [4.78, 5) is 0. The third-order valence-corrected chi connectivity index (χ3v) is 13.6. The van der Waals surface area contributed by atoms with Gasteiger partial charge in [0.1, 0.15) is 11.5 Å². The fourth-order valence-electron chi connectivity index (χ4n) is 3.05. The Morgan fingerprint density at radius 1 is 0.655 bits per heavy atom. The highest BCUT2D eigenvalue weighted by molar-refractivity contribution is 14.1. The van der Waals surface area contributed by atoms with E-state index in [2.05, 4.69) is 74.5 Å². The number of hydrogen-bond acceptors (Lipinski definition) is 4. The second-order valence-corrected chi connectivity index (χ2v) is 23.2. The van der Waals surface area contributed by atoms with Crippen LogP contribution in [0.2, 0.25) is 45.8 Å². The second-order valence-electron chi connectivity index (χ2n) is 9.42. The van der Waals surface area contributed by atoms with Crippen LogP contribution in [0.25, 0.3) is 0 Å². The van der Waals surface area contributed by atoms with Crippen molar-refractivity contribution in [3.8, 4) is 11.5 Å². The minimum absolute atomic E-state index is 0.289. The van der Waals surface area contributed by atoms with Crippen molar-refractivity contribution < 1.29 is 18.4 Å². The number of phenols is 2. The molecule has 0 radical (unpaired) electrons. The average molecular weight is 563 g/mol. The zero-order valence-electron chi connectivity index (χ0n) is 19.1. The first-order chi connectivity index (χ1) is 13.0. The van der Waals surface area contributed by atoms with Gasteiger partial charge in [0.05, 0.1) is 0 Å². The molecule has 0 heterocycles. The topological polar surface area (TPSA) is 58.9 Å². The Labute approximate surface area is 192 Å². The summed E-state index contributed by atoms with van der Waals surface area (Å²) >= 11 is 2.17. The molecule has 0 fully saturated rings. The molecule has 4 nitrogen and oxygen atoms in total. The lowest BCUT2D eigenvalue weighted by Gasteiger charge is -2.38.